The maximum Gasteiger partial charge on any atom is 0.142 e. The molecular formula is C16H18N4. The highest BCUT2D eigenvalue weighted by Gasteiger charge is 2.09. The lowest BCUT2D eigenvalue weighted by Crippen LogP contribution is -2.24. The van der Waals surface area contributed by atoms with Crippen molar-refractivity contribution >= 4 is 11.5 Å². The lowest BCUT2D eigenvalue weighted by atomic mass is 10.2. The maximum atomic E-state index is 8.95. The number of nitrogen functional groups attached to an aromatic ring is 1. The van der Waals surface area contributed by atoms with Crippen LogP contribution >= 0.6 is 0 Å². The van der Waals surface area contributed by atoms with Crippen molar-refractivity contribution in [3.8, 4) is 6.07 Å². The normalized spacial score (nSPS) is 10.0. The first-order valence-corrected chi connectivity index (χ1v) is 6.69. The molecule has 1 aromatic carbocycles. The van der Waals surface area contributed by atoms with E-state index in [1.165, 1.54) is 0 Å². The van der Waals surface area contributed by atoms with Crippen LogP contribution in [0.5, 0.6) is 0 Å². The fraction of sp³-hybridized carbons (Fsp3) is 0.250. The molecule has 0 atom stereocenters. The molecule has 4 heteroatoms. The van der Waals surface area contributed by atoms with Gasteiger partial charge in [0, 0.05) is 18.8 Å². The predicted molar refractivity (Wildman–Crippen MR) is 81.1 cm³/mol. The van der Waals surface area contributed by atoms with Crippen LogP contribution in [0.2, 0.25) is 0 Å². The molecule has 1 aromatic heterocycles. The highest BCUT2D eigenvalue weighted by Crippen LogP contribution is 2.17. The third-order valence-corrected chi connectivity index (χ3v) is 2.99. The molecule has 2 aromatic rings. The zero-order valence-corrected chi connectivity index (χ0v) is 11.6. The molecular weight excluding hydrogens is 248 g/mol. The van der Waals surface area contributed by atoms with Crippen LogP contribution in [0.4, 0.5) is 11.5 Å². The van der Waals surface area contributed by atoms with Crippen LogP contribution in [-0.2, 0) is 6.54 Å². The summed E-state index contributed by atoms with van der Waals surface area (Å²) in [6.45, 7) is 3.75. The van der Waals surface area contributed by atoms with Gasteiger partial charge in [-0.25, -0.2) is 4.98 Å². The number of rotatable bonds is 5. The van der Waals surface area contributed by atoms with Crippen LogP contribution in [0.1, 0.15) is 24.6 Å². The quantitative estimate of drug-likeness (QED) is 0.845. The van der Waals surface area contributed by atoms with E-state index >= 15 is 0 Å². The summed E-state index contributed by atoms with van der Waals surface area (Å²) >= 11 is 0. The molecule has 0 aliphatic carbocycles. The third-order valence-electron chi connectivity index (χ3n) is 2.99. The van der Waals surface area contributed by atoms with Crippen molar-refractivity contribution in [1.82, 2.24) is 4.98 Å². The molecule has 0 aliphatic heterocycles. The van der Waals surface area contributed by atoms with E-state index in [0.717, 1.165) is 36.6 Å². The number of nitrogens with zero attached hydrogens (tertiary/aromatic N) is 3. The van der Waals surface area contributed by atoms with Gasteiger partial charge in [-0.05, 0) is 36.2 Å². The van der Waals surface area contributed by atoms with Gasteiger partial charge in [0.05, 0.1) is 0 Å². The third kappa shape index (κ3) is 3.48. The number of anilines is 2. The topological polar surface area (TPSA) is 65.9 Å². The molecule has 0 saturated heterocycles. The average molecular weight is 266 g/mol. The van der Waals surface area contributed by atoms with Crippen LogP contribution < -0.4 is 10.6 Å². The van der Waals surface area contributed by atoms with E-state index in [-0.39, 0.29) is 0 Å². The molecule has 0 amide bonds. The average Bonchev–Trinajstić information content (AvgIpc) is 2.47. The van der Waals surface area contributed by atoms with Gasteiger partial charge in [0.1, 0.15) is 17.6 Å². The van der Waals surface area contributed by atoms with Crippen molar-refractivity contribution in [1.29, 1.82) is 5.26 Å². The highest BCUT2D eigenvalue weighted by atomic mass is 15.2. The summed E-state index contributed by atoms with van der Waals surface area (Å²) < 4.78 is 0. The Morgan fingerprint density at radius 3 is 2.75 bits per heavy atom. The summed E-state index contributed by atoms with van der Waals surface area (Å²) in [6, 6.07) is 15.4. The van der Waals surface area contributed by atoms with E-state index < -0.39 is 0 Å². The first-order chi connectivity index (χ1) is 9.72. The monoisotopic (exact) mass is 266 g/mol. The van der Waals surface area contributed by atoms with Gasteiger partial charge in [0.15, 0.2) is 0 Å². The molecule has 0 saturated carbocycles. The Hall–Kier alpha value is -2.54. The zero-order valence-electron chi connectivity index (χ0n) is 11.6. The largest absolute Gasteiger partial charge is 0.399 e. The molecule has 4 nitrogen and oxygen atoms in total. The maximum absolute atomic E-state index is 8.95. The second kappa shape index (κ2) is 6.58. The summed E-state index contributed by atoms with van der Waals surface area (Å²) in [6.07, 6.45) is 1.01. The number of aromatic nitrogens is 1. The first-order valence-electron chi connectivity index (χ1n) is 6.69. The standard InChI is InChI=1S/C16H18N4/c1-2-9-20(12-13-5-3-6-14(18)10-13)16-8-4-7-15(11-17)19-16/h3-8,10H,2,9,12,18H2,1H3. The second-order valence-electron chi connectivity index (χ2n) is 4.66. The fourth-order valence-electron chi connectivity index (χ4n) is 2.12. The van der Waals surface area contributed by atoms with Crippen LogP contribution in [0.3, 0.4) is 0 Å². The van der Waals surface area contributed by atoms with Crippen molar-refractivity contribution in [2.24, 2.45) is 0 Å². The molecule has 1 heterocycles. The van der Waals surface area contributed by atoms with Crippen LogP contribution in [-0.4, -0.2) is 11.5 Å². The van der Waals surface area contributed by atoms with Gasteiger partial charge in [-0.2, -0.15) is 5.26 Å². The molecule has 0 bridgehead atoms. The number of hydrogen-bond acceptors (Lipinski definition) is 4. The molecule has 0 aliphatic rings. The van der Waals surface area contributed by atoms with E-state index in [1.807, 2.05) is 36.4 Å². The van der Waals surface area contributed by atoms with Gasteiger partial charge < -0.3 is 10.6 Å². The molecule has 2 rings (SSSR count). The number of nitriles is 1. The number of hydrogen-bond donors (Lipinski definition) is 1. The molecule has 0 unspecified atom stereocenters. The van der Waals surface area contributed by atoms with Crippen LogP contribution in [0.25, 0.3) is 0 Å². The van der Waals surface area contributed by atoms with E-state index in [2.05, 4.69) is 22.9 Å². The van der Waals surface area contributed by atoms with Crippen molar-refractivity contribution < 1.29 is 0 Å². The summed E-state index contributed by atoms with van der Waals surface area (Å²) in [7, 11) is 0. The van der Waals surface area contributed by atoms with E-state index in [1.54, 1.807) is 6.07 Å². The predicted octanol–water partition coefficient (Wildman–Crippen LogP) is 2.95. The number of benzene rings is 1. The zero-order chi connectivity index (χ0) is 14.4. The summed E-state index contributed by atoms with van der Waals surface area (Å²) in [5.41, 5.74) is 8.16. The molecule has 0 radical (unpaired) electrons. The van der Waals surface area contributed by atoms with Crippen molar-refractivity contribution in [3.63, 3.8) is 0 Å². The Kier molecular flexibility index (Phi) is 4.56. The lowest BCUT2D eigenvalue weighted by molar-refractivity contribution is 0.754. The molecule has 2 N–H and O–H groups in total. The van der Waals surface area contributed by atoms with E-state index in [4.69, 9.17) is 11.0 Å². The summed E-state index contributed by atoms with van der Waals surface area (Å²) in [4.78, 5) is 6.52. The molecule has 0 fully saturated rings. The van der Waals surface area contributed by atoms with E-state index in [9.17, 15) is 0 Å². The molecule has 102 valence electrons. The second-order valence-corrected chi connectivity index (χ2v) is 4.66. The Bertz CT molecular complexity index is 616. The first kappa shape index (κ1) is 13.9. The summed E-state index contributed by atoms with van der Waals surface area (Å²) in [5, 5.41) is 8.95. The highest BCUT2D eigenvalue weighted by molar-refractivity contribution is 5.45. The Morgan fingerprint density at radius 2 is 2.05 bits per heavy atom. The van der Waals surface area contributed by atoms with Gasteiger partial charge in [-0.15, -0.1) is 0 Å². The Morgan fingerprint density at radius 1 is 1.25 bits per heavy atom. The minimum atomic E-state index is 0.441. The SMILES string of the molecule is CCCN(Cc1cccc(N)c1)c1cccc(C#N)n1. The smallest absolute Gasteiger partial charge is 0.142 e. The molecule has 20 heavy (non-hydrogen) atoms. The Balaban J connectivity index is 2.24. The van der Waals surface area contributed by atoms with Crippen LogP contribution in [0.15, 0.2) is 42.5 Å². The molecule has 0 spiro atoms. The minimum absolute atomic E-state index is 0.441. The lowest BCUT2D eigenvalue weighted by Gasteiger charge is -2.23. The summed E-state index contributed by atoms with van der Waals surface area (Å²) in [5.74, 6) is 0.827. The number of nitrogens with two attached hydrogens (primary N) is 1. The van der Waals surface area contributed by atoms with Gasteiger partial charge in [0.25, 0.3) is 0 Å². The van der Waals surface area contributed by atoms with Crippen molar-refractivity contribution in [2.75, 3.05) is 17.2 Å². The van der Waals surface area contributed by atoms with Gasteiger partial charge in [-0.3, -0.25) is 0 Å². The number of pyridine rings is 1. The Labute approximate surface area is 119 Å². The fourth-order valence-corrected chi connectivity index (χ4v) is 2.12. The van der Waals surface area contributed by atoms with Gasteiger partial charge in [-0.1, -0.05) is 25.1 Å². The van der Waals surface area contributed by atoms with E-state index in [0.29, 0.717) is 5.69 Å². The van der Waals surface area contributed by atoms with Gasteiger partial charge >= 0.3 is 0 Å². The van der Waals surface area contributed by atoms with Crippen LogP contribution in [0, 0.1) is 11.3 Å². The minimum Gasteiger partial charge on any atom is -0.399 e. The van der Waals surface area contributed by atoms with Gasteiger partial charge in [0.2, 0.25) is 0 Å². The van der Waals surface area contributed by atoms with Crippen molar-refractivity contribution in [2.45, 2.75) is 19.9 Å². The van der Waals surface area contributed by atoms with Crippen molar-refractivity contribution in [3.05, 3.63) is 53.7 Å².